The smallest absolute Gasteiger partial charge is 0.0569 e. The maximum absolute atomic E-state index is 6.15. The number of alkyl halides is 1. The molecule has 1 aromatic carbocycles. The van der Waals surface area contributed by atoms with E-state index >= 15 is 0 Å². The molecule has 84 valence electrons. The molecule has 2 aromatic rings. The Bertz CT molecular complexity index is 452. The summed E-state index contributed by atoms with van der Waals surface area (Å²) in [6.45, 7) is 2.21. The van der Waals surface area contributed by atoms with Crippen LogP contribution < -0.4 is 0 Å². The first kappa shape index (κ1) is 12.2. The van der Waals surface area contributed by atoms with Crippen LogP contribution in [0.5, 0.6) is 0 Å². The van der Waals surface area contributed by atoms with E-state index in [1.165, 1.54) is 10.4 Å². The van der Waals surface area contributed by atoms with Gasteiger partial charge in [-0.25, -0.2) is 0 Å². The number of rotatable bonds is 3. The van der Waals surface area contributed by atoms with Gasteiger partial charge in [-0.2, -0.15) is 0 Å². The minimum absolute atomic E-state index is 0.280. The van der Waals surface area contributed by atoms with E-state index in [-0.39, 0.29) is 4.83 Å². The second-order valence-electron chi connectivity index (χ2n) is 3.73. The lowest BCUT2D eigenvalue weighted by Gasteiger charge is -2.18. The van der Waals surface area contributed by atoms with E-state index in [1.807, 2.05) is 17.5 Å². The van der Waals surface area contributed by atoms with Crippen LogP contribution in [0.3, 0.4) is 0 Å². The lowest BCUT2D eigenvalue weighted by atomic mass is 9.97. The Kier molecular flexibility index (Phi) is 4.06. The Morgan fingerprint density at radius 2 is 1.88 bits per heavy atom. The fourth-order valence-corrected chi connectivity index (χ4v) is 3.92. The van der Waals surface area contributed by atoms with E-state index in [4.69, 9.17) is 11.6 Å². The molecule has 0 amide bonds. The molecular formula is C13H12BrClS. The van der Waals surface area contributed by atoms with Crippen molar-refractivity contribution >= 4 is 38.9 Å². The monoisotopic (exact) mass is 314 g/mol. The maximum Gasteiger partial charge on any atom is 0.0569 e. The molecular weight excluding hydrogens is 304 g/mol. The van der Waals surface area contributed by atoms with Gasteiger partial charge < -0.3 is 0 Å². The molecule has 0 bridgehead atoms. The quantitative estimate of drug-likeness (QED) is 0.643. The van der Waals surface area contributed by atoms with Gasteiger partial charge in [0.25, 0.3) is 0 Å². The van der Waals surface area contributed by atoms with Crippen LogP contribution in [0.15, 0.2) is 41.8 Å². The fraction of sp³-hybridized carbons (Fsp3) is 0.231. The lowest BCUT2D eigenvalue weighted by molar-refractivity contribution is 0.761. The number of benzene rings is 1. The average molecular weight is 316 g/mol. The molecule has 0 radical (unpaired) electrons. The van der Waals surface area contributed by atoms with Gasteiger partial charge in [0.1, 0.15) is 0 Å². The van der Waals surface area contributed by atoms with Crippen LogP contribution >= 0.6 is 38.9 Å². The standard InChI is InChI=1S/C13H12BrClS/c1-9(10-5-3-2-4-6-10)12(14)13-11(15)7-8-16-13/h2-9,12H,1H3. The highest BCUT2D eigenvalue weighted by molar-refractivity contribution is 9.09. The Morgan fingerprint density at radius 3 is 2.44 bits per heavy atom. The molecule has 0 nitrogen and oxygen atoms in total. The van der Waals surface area contributed by atoms with Gasteiger partial charge in [0.05, 0.1) is 9.85 Å². The van der Waals surface area contributed by atoms with Crippen molar-refractivity contribution in [2.24, 2.45) is 0 Å². The zero-order valence-corrected chi connectivity index (χ0v) is 12.0. The van der Waals surface area contributed by atoms with Gasteiger partial charge in [0, 0.05) is 4.88 Å². The second kappa shape index (κ2) is 5.35. The zero-order chi connectivity index (χ0) is 11.5. The van der Waals surface area contributed by atoms with Crippen LogP contribution in [0.1, 0.15) is 28.1 Å². The van der Waals surface area contributed by atoms with Gasteiger partial charge in [0.15, 0.2) is 0 Å². The van der Waals surface area contributed by atoms with Crippen molar-refractivity contribution in [3.63, 3.8) is 0 Å². The normalized spacial score (nSPS) is 14.7. The van der Waals surface area contributed by atoms with E-state index in [9.17, 15) is 0 Å². The molecule has 0 spiro atoms. The third-order valence-electron chi connectivity index (χ3n) is 2.66. The van der Waals surface area contributed by atoms with Crippen molar-refractivity contribution < 1.29 is 0 Å². The van der Waals surface area contributed by atoms with Crippen molar-refractivity contribution in [2.75, 3.05) is 0 Å². The largest absolute Gasteiger partial charge is 0.146 e. The zero-order valence-electron chi connectivity index (χ0n) is 8.86. The van der Waals surface area contributed by atoms with Crippen molar-refractivity contribution in [3.05, 3.63) is 57.2 Å². The van der Waals surface area contributed by atoms with E-state index in [0.29, 0.717) is 5.92 Å². The van der Waals surface area contributed by atoms with Gasteiger partial charge in [-0.1, -0.05) is 64.8 Å². The van der Waals surface area contributed by atoms with Crippen LogP contribution in [-0.4, -0.2) is 0 Å². The highest BCUT2D eigenvalue weighted by Crippen LogP contribution is 2.43. The molecule has 0 saturated carbocycles. The average Bonchev–Trinajstić information content (AvgIpc) is 2.75. The maximum atomic E-state index is 6.15. The summed E-state index contributed by atoms with van der Waals surface area (Å²) in [5.74, 6) is 0.414. The molecule has 0 aliphatic rings. The fourth-order valence-electron chi connectivity index (χ4n) is 1.65. The summed E-state index contributed by atoms with van der Waals surface area (Å²) in [7, 11) is 0. The molecule has 1 aromatic heterocycles. The van der Waals surface area contributed by atoms with Gasteiger partial charge in [-0.05, 0) is 22.9 Å². The molecule has 1 heterocycles. The molecule has 2 atom stereocenters. The molecule has 0 aliphatic carbocycles. The summed E-state index contributed by atoms with van der Waals surface area (Å²) in [4.78, 5) is 1.49. The molecule has 0 saturated heterocycles. The van der Waals surface area contributed by atoms with E-state index in [0.717, 1.165) is 5.02 Å². The van der Waals surface area contributed by atoms with E-state index in [2.05, 4.69) is 47.1 Å². The Labute approximate surface area is 113 Å². The first-order valence-electron chi connectivity index (χ1n) is 5.12. The highest BCUT2D eigenvalue weighted by Gasteiger charge is 2.20. The van der Waals surface area contributed by atoms with Crippen LogP contribution in [0, 0.1) is 0 Å². The summed E-state index contributed by atoms with van der Waals surface area (Å²) >= 11 is 11.6. The summed E-state index contributed by atoms with van der Waals surface area (Å²) < 4.78 is 0. The van der Waals surface area contributed by atoms with Crippen LogP contribution in [0.4, 0.5) is 0 Å². The van der Waals surface area contributed by atoms with Crippen LogP contribution in [0.25, 0.3) is 0 Å². The summed E-state index contributed by atoms with van der Waals surface area (Å²) in [5.41, 5.74) is 1.33. The van der Waals surface area contributed by atoms with Crippen molar-refractivity contribution in [3.8, 4) is 0 Å². The van der Waals surface area contributed by atoms with Crippen LogP contribution in [-0.2, 0) is 0 Å². The third-order valence-corrected chi connectivity index (χ3v) is 5.66. The van der Waals surface area contributed by atoms with E-state index in [1.54, 1.807) is 11.3 Å². The minimum Gasteiger partial charge on any atom is -0.146 e. The number of hydrogen-bond acceptors (Lipinski definition) is 1. The summed E-state index contributed by atoms with van der Waals surface area (Å²) in [6, 6.07) is 12.4. The Balaban J connectivity index is 2.23. The molecule has 16 heavy (non-hydrogen) atoms. The first-order valence-corrected chi connectivity index (χ1v) is 7.29. The first-order chi connectivity index (χ1) is 7.70. The molecule has 0 fully saturated rings. The minimum atomic E-state index is 0.280. The lowest BCUT2D eigenvalue weighted by Crippen LogP contribution is -2.00. The van der Waals surface area contributed by atoms with Crippen molar-refractivity contribution in [2.45, 2.75) is 17.7 Å². The molecule has 3 heteroatoms. The predicted octanol–water partition coefficient (Wildman–Crippen LogP) is 5.64. The second-order valence-corrected chi connectivity index (χ2v) is 6.08. The van der Waals surface area contributed by atoms with E-state index < -0.39 is 0 Å². The molecule has 2 unspecified atom stereocenters. The number of halogens is 2. The molecule has 2 rings (SSSR count). The number of thiophene rings is 1. The summed E-state index contributed by atoms with van der Waals surface area (Å²) in [5, 5.41) is 2.89. The van der Waals surface area contributed by atoms with Crippen molar-refractivity contribution in [1.29, 1.82) is 0 Å². The third kappa shape index (κ3) is 2.50. The number of hydrogen-bond donors (Lipinski definition) is 0. The van der Waals surface area contributed by atoms with Gasteiger partial charge >= 0.3 is 0 Å². The predicted molar refractivity (Wildman–Crippen MR) is 75.9 cm³/mol. The van der Waals surface area contributed by atoms with Crippen LogP contribution in [0.2, 0.25) is 5.02 Å². The Morgan fingerprint density at radius 1 is 1.19 bits per heavy atom. The van der Waals surface area contributed by atoms with Gasteiger partial charge in [-0.3, -0.25) is 0 Å². The topological polar surface area (TPSA) is 0 Å². The molecule has 0 N–H and O–H groups in total. The highest BCUT2D eigenvalue weighted by atomic mass is 79.9. The Hall–Kier alpha value is -0.310. The molecule has 0 aliphatic heterocycles. The van der Waals surface area contributed by atoms with Gasteiger partial charge in [-0.15, -0.1) is 11.3 Å². The van der Waals surface area contributed by atoms with Gasteiger partial charge in [0.2, 0.25) is 0 Å². The van der Waals surface area contributed by atoms with Crippen molar-refractivity contribution in [1.82, 2.24) is 0 Å². The summed E-state index contributed by atoms with van der Waals surface area (Å²) in [6.07, 6.45) is 0. The SMILES string of the molecule is CC(c1ccccc1)C(Br)c1sccc1Cl.